The molecule has 0 unspecified atom stereocenters. The summed E-state index contributed by atoms with van der Waals surface area (Å²) >= 11 is 1.66. The molecule has 0 N–H and O–H groups in total. The van der Waals surface area contributed by atoms with Crippen molar-refractivity contribution in [1.29, 1.82) is 0 Å². The number of nitrogens with zero attached hydrogens (tertiary/aromatic N) is 2. The van der Waals surface area contributed by atoms with Crippen LogP contribution in [0.25, 0.3) is 0 Å². The van der Waals surface area contributed by atoms with Crippen molar-refractivity contribution in [3.8, 4) is 0 Å². The maximum absolute atomic E-state index is 4.40. The van der Waals surface area contributed by atoms with Gasteiger partial charge in [-0.05, 0) is 19.2 Å². The molecule has 0 atom stereocenters. The number of hydrogen-bond donors (Lipinski definition) is 0. The van der Waals surface area contributed by atoms with Crippen LogP contribution in [-0.2, 0) is 0 Å². The second-order valence-corrected chi connectivity index (χ2v) is 3.89. The summed E-state index contributed by atoms with van der Waals surface area (Å²) < 4.78 is 0. The van der Waals surface area contributed by atoms with Gasteiger partial charge >= 0.3 is 0 Å². The highest BCUT2D eigenvalue weighted by atomic mass is 32.2. The first kappa shape index (κ1) is 9.52. The molecule has 0 amide bonds. The zero-order chi connectivity index (χ0) is 9.14. The molecule has 12 heavy (non-hydrogen) atoms. The topological polar surface area (TPSA) is 25.8 Å². The van der Waals surface area contributed by atoms with Gasteiger partial charge < -0.3 is 0 Å². The Kier molecular flexibility index (Phi) is 3.09. The van der Waals surface area contributed by atoms with Gasteiger partial charge in [-0.15, -0.1) is 11.8 Å². The molecule has 0 saturated heterocycles. The Morgan fingerprint density at radius 3 is 2.50 bits per heavy atom. The van der Waals surface area contributed by atoms with Crippen LogP contribution in [0.5, 0.6) is 0 Å². The maximum atomic E-state index is 4.40. The summed E-state index contributed by atoms with van der Waals surface area (Å²) in [5.41, 5.74) is 1.05. The van der Waals surface area contributed by atoms with Gasteiger partial charge in [-0.3, -0.25) is 0 Å². The Morgan fingerprint density at radius 2 is 2.00 bits per heavy atom. The Balaban J connectivity index is 3.06. The summed E-state index contributed by atoms with van der Waals surface area (Å²) in [6, 6.07) is 2.01. The smallest absolute Gasteiger partial charge is 0.132 e. The minimum absolute atomic E-state index is 0.413. The fourth-order valence-corrected chi connectivity index (χ4v) is 1.40. The fourth-order valence-electron chi connectivity index (χ4n) is 0.925. The summed E-state index contributed by atoms with van der Waals surface area (Å²) in [5.74, 6) is 1.36. The van der Waals surface area contributed by atoms with Crippen molar-refractivity contribution in [2.24, 2.45) is 0 Å². The molecule has 1 rings (SSSR count). The average Bonchev–Trinajstić information content (AvgIpc) is 2.03. The van der Waals surface area contributed by atoms with Gasteiger partial charge in [0.25, 0.3) is 0 Å². The number of aromatic nitrogens is 2. The minimum Gasteiger partial charge on any atom is -0.238 e. The first-order chi connectivity index (χ1) is 5.63. The van der Waals surface area contributed by atoms with Crippen molar-refractivity contribution in [1.82, 2.24) is 9.97 Å². The molecule has 0 saturated carbocycles. The van der Waals surface area contributed by atoms with Gasteiger partial charge in [-0.2, -0.15) is 0 Å². The normalized spacial score (nSPS) is 10.8. The molecule has 1 aromatic heterocycles. The molecule has 66 valence electrons. The van der Waals surface area contributed by atoms with Crippen molar-refractivity contribution in [3.63, 3.8) is 0 Å². The Labute approximate surface area is 77.8 Å². The van der Waals surface area contributed by atoms with Crippen molar-refractivity contribution in [2.45, 2.75) is 31.7 Å². The first-order valence-corrected chi connectivity index (χ1v) is 5.25. The van der Waals surface area contributed by atoms with E-state index in [4.69, 9.17) is 0 Å². The van der Waals surface area contributed by atoms with Crippen LogP contribution < -0.4 is 0 Å². The zero-order valence-corrected chi connectivity index (χ0v) is 8.77. The number of hydrogen-bond acceptors (Lipinski definition) is 3. The molecule has 0 aliphatic heterocycles. The van der Waals surface area contributed by atoms with Crippen LogP contribution in [0.2, 0.25) is 0 Å². The third-order valence-corrected chi connectivity index (χ3v) is 2.20. The number of thioether (sulfide) groups is 1. The maximum Gasteiger partial charge on any atom is 0.132 e. The molecule has 0 aliphatic carbocycles. The van der Waals surface area contributed by atoms with Gasteiger partial charge in [0.1, 0.15) is 5.82 Å². The van der Waals surface area contributed by atoms with E-state index in [1.54, 1.807) is 11.8 Å². The summed E-state index contributed by atoms with van der Waals surface area (Å²) in [5, 5.41) is 1.06. The monoisotopic (exact) mass is 182 g/mol. The van der Waals surface area contributed by atoms with Gasteiger partial charge in [0, 0.05) is 11.6 Å². The van der Waals surface area contributed by atoms with Gasteiger partial charge in [-0.25, -0.2) is 9.97 Å². The highest BCUT2D eigenvalue weighted by Crippen LogP contribution is 2.16. The Hall–Kier alpha value is -0.570. The van der Waals surface area contributed by atoms with Gasteiger partial charge in [0.2, 0.25) is 0 Å². The molecule has 0 spiro atoms. The summed E-state index contributed by atoms with van der Waals surface area (Å²) in [6.07, 6.45) is 2.03. The van der Waals surface area contributed by atoms with Crippen molar-refractivity contribution in [3.05, 3.63) is 17.6 Å². The molecule has 0 fully saturated rings. The van der Waals surface area contributed by atoms with Crippen molar-refractivity contribution < 1.29 is 0 Å². The summed E-state index contributed by atoms with van der Waals surface area (Å²) in [6.45, 7) is 6.23. The first-order valence-electron chi connectivity index (χ1n) is 4.03. The number of rotatable bonds is 2. The highest BCUT2D eigenvalue weighted by molar-refractivity contribution is 7.98. The Bertz CT molecular complexity index is 271. The zero-order valence-electron chi connectivity index (χ0n) is 7.96. The SMILES string of the molecule is CSc1cc(C)nc(C(C)C)n1. The van der Waals surface area contributed by atoms with E-state index < -0.39 is 0 Å². The molecule has 0 aromatic carbocycles. The number of aryl methyl sites for hydroxylation is 1. The lowest BCUT2D eigenvalue weighted by atomic mass is 10.2. The van der Waals surface area contributed by atoms with Gasteiger partial charge in [0.15, 0.2) is 0 Å². The van der Waals surface area contributed by atoms with E-state index in [1.165, 1.54) is 0 Å². The largest absolute Gasteiger partial charge is 0.238 e. The molecular weight excluding hydrogens is 168 g/mol. The molecular formula is C9H14N2S. The van der Waals surface area contributed by atoms with Crippen LogP contribution in [0, 0.1) is 6.92 Å². The second-order valence-electron chi connectivity index (χ2n) is 3.06. The molecule has 0 bridgehead atoms. The predicted molar refractivity (Wildman–Crippen MR) is 52.6 cm³/mol. The molecule has 3 heteroatoms. The second kappa shape index (κ2) is 3.90. The highest BCUT2D eigenvalue weighted by Gasteiger charge is 2.04. The van der Waals surface area contributed by atoms with Crippen LogP contribution in [0.3, 0.4) is 0 Å². The minimum atomic E-state index is 0.413. The van der Waals surface area contributed by atoms with E-state index >= 15 is 0 Å². The standard InChI is InChI=1S/C9H14N2S/c1-6(2)9-10-7(3)5-8(11-9)12-4/h5-6H,1-4H3. The lowest BCUT2D eigenvalue weighted by Gasteiger charge is -2.05. The molecule has 1 aromatic rings. The van der Waals surface area contributed by atoms with Crippen LogP contribution in [0.4, 0.5) is 0 Å². The van der Waals surface area contributed by atoms with E-state index in [-0.39, 0.29) is 0 Å². The van der Waals surface area contributed by atoms with E-state index in [0.29, 0.717) is 5.92 Å². The Morgan fingerprint density at radius 1 is 1.33 bits per heavy atom. The summed E-state index contributed by atoms with van der Waals surface area (Å²) in [7, 11) is 0. The lowest BCUT2D eigenvalue weighted by molar-refractivity contribution is 0.745. The van der Waals surface area contributed by atoms with Crippen molar-refractivity contribution in [2.75, 3.05) is 6.26 Å². The van der Waals surface area contributed by atoms with E-state index in [1.807, 2.05) is 19.2 Å². The fraction of sp³-hybridized carbons (Fsp3) is 0.556. The molecule has 0 radical (unpaired) electrons. The van der Waals surface area contributed by atoms with Crippen LogP contribution in [-0.4, -0.2) is 16.2 Å². The quantitative estimate of drug-likeness (QED) is 0.519. The molecule has 1 heterocycles. The van der Waals surface area contributed by atoms with Crippen LogP contribution >= 0.6 is 11.8 Å². The van der Waals surface area contributed by atoms with Gasteiger partial charge in [-0.1, -0.05) is 13.8 Å². The van der Waals surface area contributed by atoms with E-state index in [0.717, 1.165) is 16.5 Å². The predicted octanol–water partition coefficient (Wildman–Crippen LogP) is 2.63. The van der Waals surface area contributed by atoms with E-state index in [9.17, 15) is 0 Å². The van der Waals surface area contributed by atoms with Gasteiger partial charge in [0.05, 0.1) is 5.03 Å². The van der Waals surface area contributed by atoms with Crippen LogP contribution in [0.15, 0.2) is 11.1 Å². The average molecular weight is 182 g/mol. The molecule has 2 nitrogen and oxygen atoms in total. The van der Waals surface area contributed by atoms with Crippen LogP contribution in [0.1, 0.15) is 31.3 Å². The third kappa shape index (κ3) is 2.21. The summed E-state index contributed by atoms with van der Waals surface area (Å²) in [4.78, 5) is 8.76. The lowest BCUT2D eigenvalue weighted by Crippen LogP contribution is -1.99. The van der Waals surface area contributed by atoms with Crippen molar-refractivity contribution >= 4 is 11.8 Å². The third-order valence-electron chi connectivity index (χ3n) is 1.57. The van der Waals surface area contributed by atoms with E-state index in [2.05, 4.69) is 23.8 Å². The molecule has 0 aliphatic rings.